The lowest BCUT2D eigenvalue weighted by Crippen LogP contribution is -2.63. The molecule has 13 heteroatoms. The summed E-state index contributed by atoms with van der Waals surface area (Å²) in [5, 5.41) is 0. The van der Waals surface area contributed by atoms with Crippen LogP contribution in [-0.2, 0) is 57.2 Å². The van der Waals surface area contributed by atoms with Crippen molar-refractivity contribution in [3.8, 4) is 0 Å². The van der Waals surface area contributed by atoms with Gasteiger partial charge in [-0.05, 0) is 19.1 Å². The van der Waals surface area contributed by atoms with Gasteiger partial charge >= 0.3 is 23.9 Å². The molecule has 0 N–H and O–H groups in total. The number of benzene rings is 1. The van der Waals surface area contributed by atoms with Crippen molar-refractivity contribution in [1.82, 2.24) is 0 Å². The number of rotatable bonds is 8. The average molecular weight is 502 g/mol. The van der Waals surface area contributed by atoms with Crippen LogP contribution in [0.4, 0.5) is 0 Å². The van der Waals surface area contributed by atoms with E-state index in [0.717, 1.165) is 33.3 Å². The SMILES string of the molecule is CC(=O)OC1OC(COS(=O)(=O)c2ccc(C)cc2)[C@@H](OC(C)=O)[C@H](OC(C)=O)C1OC(C)=O. The van der Waals surface area contributed by atoms with Gasteiger partial charge in [-0.3, -0.25) is 23.4 Å². The van der Waals surface area contributed by atoms with Crippen LogP contribution in [0.5, 0.6) is 0 Å². The maximum atomic E-state index is 12.6. The van der Waals surface area contributed by atoms with E-state index in [-0.39, 0.29) is 4.90 Å². The molecule has 1 aromatic rings. The van der Waals surface area contributed by atoms with Crippen LogP contribution < -0.4 is 0 Å². The van der Waals surface area contributed by atoms with Crippen LogP contribution in [-0.4, -0.2) is 69.6 Å². The van der Waals surface area contributed by atoms with Gasteiger partial charge in [0.2, 0.25) is 12.4 Å². The highest BCUT2D eigenvalue weighted by Crippen LogP contribution is 2.30. The molecule has 0 saturated carbocycles. The number of hydrogen-bond donors (Lipinski definition) is 0. The Hall–Kier alpha value is -3.03. The Kier molecular flexibility index (Phi) is 9.13. The molecule has 1 aromatic carbocycles. The Morgan fingerprint density at radius 3 is 1.74 bits per heavy atom. The van der Waals surface area contributed by atoms with E-state index in [1.165, 1.54) is 12.1 Å². The summed E-state index contributed by atoms with van der Waals surface area (Å²) < 4.78 is 56.6. The largest absolute Gasteiger partial charge is 0.456 e. The third-order valence-corrected chi connectivity index (χ3v) is 5.77. The third-order valence-electron chi connectivity index (χ3n) is 4.48. The normalized spacial score (nSPS) is 24.6. The van der Waals surface area contributed by atoms with Crippen LogP contribution in [0.25, 0.3) is 0 Å². The van der Waals surface area contributed by atoms with Gasteiger partial charge < -0.3 is 23.7 Å². The maximum absolute atomic E-state index is 12.6. The minimum atomic E-state index is -4.26. The topological polar surface area (TPSA) is 158 Å². The van der Waals surface area contributed by atoms with E-state index in [4.69, 9.17) is 27.9 Å². The standard InChI is InChI=1S/C21H26O12S/c1-11-6-8-16(9-7-11)34(26,27)28-10-17-18(29-12(2)22)19(30-13(3)23)20(31-14(4)24)21(33-17)32-15(5)25/h6-9,17-21H,10H2,1-5H3/t17?,18-,19+,20?,21?/m1/s1. The van der Waals surface area contributed by atoms with E-state index in [2.05, 4.69) is 0 Å². The highest BCUT2D eigenvalue weighted by molar-refractivity contribution is 7.86. The quantitative estimate of drug-likeness (QED) is 0.280. The summed E-state index contributed by atoms with van der Waals surface area (Å²) in [6.07, 6.45) is -7.50. The van der Waals surface area contributed by atoms with Gasteiger partial charge in [-0.15, -0.1) is 0 Å². The molecule has 0 bridgehead atoms. The molecule has 0 radical (unpaired) electrons. The maximum Gasteiger partial charge on any atom is 0.305 e. The van der Waals surface area contributed by atoms with Crippen LogP contribution in [0, 0.1) is 6.92 Å². The molecule has 1 aliphatic heterocycles. The lowest BCUT2D eigenvalue weighted by molar-refractivity contribution is -0.298. The van der Waals surface area contributed by atoms with E-state index in [9.17, 15) is 27.6 Å². The first-order chi connectivity index (χ1) is 15.8. The van der Waals surface area contributed by atoms with Gasteiger partial charge in [-0.2, -0.15) is 8.42 Å². The van der Waals surface area contributed by atoms with Gasteiger partial charge in [-0.1, -0.05) is 17.7 Å². The molecule has 0 aliphatic carbocycles. The third kappa shape index (κ3) is 7.50. The van der Waals surface area contributed by atoms with Crippen molar-refractivity contribution < 1.29 is 55.5 Å². The Bertz CT molecular complexity index is 1020. The van der Waals surface area contributed by atoms with E-state index < -0.39 is 71.3 Å². The number of ether oxygens (including phenoxy) is 5. The fourth-order valence-electron chi connectivity index (χ4n) is 3.18. The monoisotopic (exact) mass is 502 g/mol. The van der Waals surface area contributed by atoms with Crippen LogP contribution >= 0.6 is 0 Å². The zero-order valence-corrected chi connectivity index (χ0v) is 20.0. The van der Waals surface area contributed by atoms with Crippen LogP contribution in [0.2, 0.25) is 0 Å². The molecule has 1 heterocycles. The number of hydrogen-bond acceptors (Lipinski definition) is 12. The van der Waals surface area contributed by atoms with Crippen molar-refractivity contribution in [2.45, 2.75) is 70.2 Å². The number of esters is 4. The molecule has 34 heavy (non-hydrogen) atoms. The van der Waals surface area contributed by atoms with Crippen molar-refractivity contribution in [3.63, 3.8) is 0 Å². The molecule has 0 amide bonds. The minimum absolute atomic E-state index is 0.135. The van der Waals surface area contributed by atoms with Gasteiger partial charge in [0.05, 0.1) is 11.5 Å². The van der Waals surface area contributed by atoms with Crippen molar-refractivity contribution in [2.75, 3.05) is 6.61 Å². The van der Waals surface area contributed by atoms with Crippen LogP contribution in [0.15, 0.2) is 29.2 Å². The Morgan fingerprint density at radius 2 is 1.24 bits per heavy atom. The molecule has 2 rings (SSSR count). The van der Waals surface area contributed by atoms with E-state index in [0.29, 0.717) is 0 Å². The molecule has 0 spiro atoms. The number of aryl methyl sites for hydroxylation is 1. The Labute approximate surface area is 196 Å². The first-order valence-electron chi connectivity index (χ1n) is 10.1. The number of carbonyl (C=O) groups is 4. The molecular weight excluding hydrogens is 476 g/mol. The highest BCUT2D eigenvalue weighted by atomic mass is 32.2. The smallest absolute Gasteiger partial charge is 0.305 e. The zero-order chi connectivity index (χ0) is 25.6. The molecule has 5 atom stereocenters. The second-order valence-corrected chi connectivity index (χ2v) is 9.04. The molecule has 1 saturated heterocycles. The highest BCUT2D eigenvalue weighted by Gasteiger charge is 2.53. The summed E-state index contributed by atoms with van der Waals surface area (Å²) in [5.41, 5.74) is 0.828. The van der Waals surface area contributed by atoms with Crippen molar-refractivity contribution >= 4 is 34.0 Å². The van der Waals surface area contributed by atoms with Gasteiger partial charge in [0.15, 0.2) is 12.2 Å². The van der Waals surface area contributed by atoms with Crippen molar-refractivity contribution in [2.24, 2.45) is 0 Å². The summed E-state index contributed by atoms with van der Waals surface area (Å²) in [7, 11) is -4.26. The second-order valence-electron chi connectivity index (χ2n) is 7.43. The zero-order valence-electron chi connectivity index (χ0n) is 19.2. The van der Waals surface area contributed by atoms with E-state index >= 15 is 0 Å². The molecule has 12 nitrogen and oxygen atoms in total. The van der Waals surface area contributed by atoms with Gasteiger partial charge in [0.1, 0.15) is 6.10 Å². The van der Waals surface area contributed by atoms with Crippen LogP contribution in [0.1, 0.15) is 33.3 Å². The van der Waals surface area contributed by atoms with E-state index in [1.807, 2.05) is 0 Å². The molecule has 1 fully saturated rings. The summed E-state index contributed by atoms with van der Waals surface area (Å²) in [6.45, 7) is 5.29. The predicted molar refractivity (Wildman–Crippen MR) is 111 cm³/mol. The molecule has 188 valence electrons. The van der Waals surface area contributed by atoms with Crippen molar-refractivity contribution in [1.29, 1.82) is 0 Å². The van der Waals surface area contributed by atoms with Gasteiger partial charge in [0.25, 0.3) is 10.1 Å². The molecular formula is C21H26O12S. The van der Waals surface area contributed by atoms with Crippen molar-refractivity contribution in [3.05, 3.63) is 29.8 Å². The van der Waals surface area contributed by atoms with E-state index in [1.54, 1.807) is 19.1 Å². The first kappa shape index (κ1) is 27.2. The average Bonchev–Trinajstić information content (AvgIpc) is 2.70. The minimum Gasteiger partial charge on any atom is -0.456 e. The molecule has 0 aromatic heterocycles. The summed E-state index contributed by atoms with van der Waals surface area (Å²) >= 11 is 0. The molecule has 3 unspecified atom stereocenters. The first-order valence-corrected chi connectivity index (χ1v) is 11.5. The Balaban J connectivity index is 2.40. The number of carbonyl (C=O) groups excluding carboxylic acids is 4. The fraction of sp³-hybridized carbons (Fsp3) is 0.524. The summed E-state index contributed by atoms with van der Waals surface area (Å²) in [6, 6.07) is 5.84. The summed E-state index contributed by atoms with van der Waals surface area (Å²) in [5.74, 6) is -3.33. The molecule has 1 aliphatic rings. The Morgan fingerprint density at radius 1 is 0.765 bits per heavy atom. The second kappa shape index (κ2) is 11.4. The summed E-state index contributed by atoms with van der Waals surface area (Å²) in [4.78, 5) is 46.6. The van der Waals surface area contributed by atoms with Gasteiger partial charge in [-0.25, -0.2) is 0 Å². The fourth-order valence-corrected chi connectivity index (χ4v) is 4.10. The predicted octanol–water partition coefficient (Wildman–Crippen LogP) is 0.783. The lowest BCUT2D eigenvalue weighted by atomic mass is 9.98. The van der Waals surface area contributed by atoms with Crippen LogP contribution in [0.3, 0.4) is 0 Å². The lowest BCUT2D eigenvalue weighted by Gasteiger charge is -2.43. The van der Waals surface area contributed by atoms with Gasteiger partial charge in [0, 0.05) is 27.7 Å².